The van der Waals surface area contributed by atoms with Gasteiger partial charge in [-0.05, 0) is 49.2 Å². The van der Waals surface area contributed by atoms with E-state index >= 15 is 0 Å². The quantitative estimate of drug-likeness (QED) is 0.843. The van der Waals surface area contributed by atoms with Crippen LogP contribution in [0.4, 0.5) is 11.4 Å². The van der Waals surface area contributed by atoms with Gasteiger partial charge in [-0.3, -0.25) is 9.10 Å². The summed E-state index contributed by atoms with van der Waals surface area (Å²) in [6.07, 6.45) is 0.515. The van der Waals surface area contributed by atoms with Crippen molar-refractivity contribution >= 4 is 38.9 Å². The maximum Gasteiger partial charge on any atom is 0.265 e. The highest BCUT2D eigenvalue weighted by atomic mass is 35.5. The van der Waals surface area contributed by atoms with Crippen molar-refractivity contribution in [3.05, 3.63) is 52.5 Å². The van der Waals surface area contributed by atoms with Crippen molar-refractivity contribution < 1.29 is 17.9 Å². The third kappa shape index (κ3) is 4.36. The zero-order chi connectivity index (χ0) is 19.8. The van der Waals surface area contributed by atoms with Crippen LogP contribution in [-0.4, -0.2) is 33.2 Å². The number of rotatable bonds is 3. The minimum atomic E-state index is -3.54. The van der Waals surface area contributed by atoms with Gasteiger partial charge in [-0.2, -0.15) is 0 Å². The molecular formula is C19H21ClN2O4S. The Hall–Kier alpha value is -2.25. The molecule has 2 aromatic carbocycles. The van der Waals surface area contributed by atoms with Gasteiger partial charge in [0.25, 0.3) is 5.91 Å². The number of benzene rings is 2. The molecule has 2 aromatic rings. The van der Waals surface area contributed by atoms with E-state index in [1.165, 1.54) is 10.4 Å². The number of halogens is 1. The summed E-state index contributed by atoms with van der Waals surface area (Å²) in [6, 6.07) is 10.5. The Morgan fingerprint density at radius 3 is 2.67 bits per heavy atom. The molecule has 1 heterocycles. The Morgan fingerprint density at radius 1 is 1.22 bits per heavy atom. The summed E-state index contributed by atoms with van der Waals surface area (Å²) in [7, 11) is -3.54. The lowest BCUT2D eigenvalue weighted by Crippen LogP contribution is -2.36. The minimum Gasteiger partial charge on any atom is -0.478 e. The van der Waals surface area contributed by atoms with E-state index in [9.17, 15) is 13.2 Å². The van der Waals surface area contributed by atoms with E-state index in [2.05, 4.69) is 5.32 Å². The molecule has 0 spiro atoms. The Bertz CT molecular complexity index is 991. The highest BCUT2D eigenvalue weighted by molar-refractivity contribution is 7.92. The average molecular weight is 409 g/mol. The number of hydrogen-bond acceptors (Lipinski definition) is 4. The van der Waals surface area contributed by atoms with Crippen LogP contribution < -0.4 is 14.4 Å². The highest BCUT2D eigenvalue weighted by Gasteiger charge is 2.31. The van der Waals surface area contributed by atoms with Gasteiger partial charge < -0.3 is 10.1 Å². The van der Waals surface area contributed by atoms with E-state index in [0.717, 1.165) is 17.4 Å². The lowest BCUT2D eigenvalue weighted by Gasteiger charge is -2.21. The molecule has 0 radical (unpaired) electrons. The third-order valence-electron chi connectivity index (χ3n) is 4.40. The van der Waals surface area contributed by atoms with Gasteiger partial charge in [-0.25, -0.2) is 8.42 Å². The number of carbonyl (C=O) groups is 1. The van der Waals surface area contributed by atoms with E-state index in [0.29, 0.717) is 22.1 Å². The largest absolute Gasteiger partial charge is 0.478 e. The topological polar surface area (TPSA) is 75.7 Å². The van der Waals surface area contributed by atoms with Crippen LogP contribution in [0.25, 0.3) is 0 Å². The van der Waals surface area contributed by atoms with Gasteiger partial charge in [0, 0.05) is 23.7 Å². The zero-order valence-corrected chi connectivity index (χ0v) is 16.9. The van der Waals surface area contributed by atoms with E-state index < -0.39 is 16.1 Å². The van der Waals surface area contributed by atoms with Gasteiger partial charge in [-0.15, -0.1) is 0 Å². The number of aryl methyl sites for hydroxylation is 2. The van der Waals surface area contributed by atoms with Crippen LogP contribution in [0.1, 0.15) is 17.5 Å². The summed E-state index contributed by atoms with van der Waals surface area (Å²) in [5.74, 6) is -0.0107. The van der Waals surface area contributed by atoms with Crippen molar-refractivity contribution in [1.82, 2.24) is 0 Å². The Morgan fingerprint density at radius 2 is 1.96 bits per heavy atom. The van der Waals surface area contributed by atoms with Crippen LogP contribution in [0.3, 0.4) is 0 Å². The fourth-order valence-corrected chi connectivity index (χ4v) is 4.07. The number of fused-ring (bicyclic) bond motifs is 1. The number of anilines is 2. The molecule has 0 bridgehead atoms. The van der Waals surface area contributed by atoms with Crippen molar-refractivity contribution in [3.8, 4) is 5.75 Å². The second-order valence-corrected chi connectivity index (χ2v) is 8.99. The monoisotopic (exact) mass is 408 g/mol. The molecule has 1 amide bonds. The molecule has 3 rings (SSSR count). The van der Waals surface area contributed by atoms with Crippen molar-refractivity contribution in [2.75, 3.05) is 22.4 Å². The number of nitrogens with zero attached hydrogens (tertiary/aromatic N) is 1. The second kappa shape index (κ2) is 7.40. The standard InChI is InChI=1S/C19H21ClN2O4S/c1-12-4-5-13(2)15(10-12)21-19(23)18-8-9-22(27(3,24)25)16-11-14(20)6-7-17(16)26-18/h4-7,10-11,18H,8-9H2,1-3H3,(H,21,23). The molecule has 27 heavy (non-hydrogen) atoms. The van der Waals surface area contributed by atoms with Crippen LogP contribution in [0.5, 0.6) is 5.75 Å². The molecule has 8 heteroatoms. The van der Waals surface area contributed by atoms with Crippen LogP contribution in [0.15, 0.2) is 36.4 Å². The number of hydrogen-bond donors (Lipinski definition) is 1. The molecule has 0 saturated heterocycles. The lowest BCUT2D eigenvalue weighted by molar-refractivity contribution is -0.122. The summed E-state index contributed by atoms with van der Waals surface area (Å²) < 4.78 is 31.5. The summed E-state index contributed by atoms with van der Waals surface area (Å²) in [5, 5.41) is 3.28. The molecule has 1 aliphatic heterocycles. The Balaban J connectivity index is 1.90. The molecule has 6 nitrogen and oxygen atoms in total. The van der Waals surface area contributed by atoms with Crippen molar-refractivity contribution in [1.29, 1.82) is 0 Å². The van der Waals surface area contributed by atoms with Crippen molar-refractivity contribution in [2.24, 2.45) is 0 Å². The molecule has 0 aliphatic carbocycles. The number of carbonyl (C=O) groups excluding carboxylic acids is 1. The van der Waals surface area contributed by atoms with E-state index in [1.54, 1.807) is 12.1 Å². The molecule has 144 valence electrons. The molecule has 0 aromatic heterocycles. The third-order valence-corrected chi connectivity index (χ3v) is 5.81. The molecule has 0 saturated carbocycles. The van der Waals surface area contributed by atoms with Crippen LogP contribution >= 0.6 is 11.6 Å². The van der Waals surface area contributed by atoms with Gasteiger partial charge in [0.15, 0.2) is 6.10 Å². The smallest absolute Gasteiger partial charge is 0.265 e. The first-order chi connectivity index (χ1) is 12.6. The summed E-state index contributed by atoms with van der Waals surface area (Å²) >= 11 is 6.03. The number of ether oxygens (including phenoxy) is 1. The molecular weight excluding hydrogens is 388 g/mol. The number of amides is 1. The van der Waals surface area contributed by atoms with Gasteiger partial charge >= 0.3 is 0 Å². The average Bonchev–Trinajstić information content (AvgIpc) is 2.77. The normalized spacial score (nSPS) is 16.9. The Kier molecular flexibility index (Phi) is 5.35. The number of nitrogens with one attached hydrogen (secondary N) is 1. The molecule has 0 fully saturated rings. The fraction of sp³-hybridized carbons (Fsp3) is 0.316. The molecule has 1 atom stereocenters. The predicted molar refractivity (Wildman–Crippen MR) is 107 cm³/mol. The van der Waals surface area contributed by atoms with Crippen LogP contribution in [-0.2, 0) is 14.8 Å². The summed E-state index contributed by atoms with van der Waals surface area (Å²) in [6.45, 7) is 3.98. The van der Waals surface area contributed by atoms with E-state index in [1.807, 2.05) is 32.0 Å². The Labute approximate surface area is 164 Å². The van der Waals surface area contributed by atoms with E-state index in [-0.39, 0.29) is 18.9 Å². The van der Waals surface area contributed by atoms with Crippen LogP contribution in [0, 0.1) is 13.8 Å². The van der Waals surface area contributed by atoms with Gasteiger partial charge in [0.1, 0.15) is 5.75 Å². The maximum atomic E-state index is 12.8. The first-order valence-electron chi connectivity index (χ1n) is 8.47. The fourth-order valence-electron chi connectivity index (χ4n) is 2.97. The molecule has 1 aliphatic rings. The highest BCUT2D eigenvalue weighted by Crippen LogP contribution is 2.36. The summed E-state index contributed by atoms with van der Waals surface area (Å²) in [4.78, 5) is 12.8. The van der Waals surface area contributed by atoms with Gasteiger partial charge in [0.2, 0.25) is 10.0 Å². The van der Waals surface area contributed by atoms with Gasteiger partial charge in [0.05, 0.1) is 11.9 Å². The van der Waals surface area contributed by atoms with Crippen molar-refractivity contribution in [2.45, 2.75) is 26.4 Å². The SMILES string of the molecule is Cc1ccc(C)c(NC(=O)C2CCN(S(C)(=O)=O)c3cc(Cl)ccc3O2)c1. The molecule has 1 N–H and O–H groups in total. The maximum absolute atomic E-state index is 12.8. The second-order valence-electron chi connectivity index (χ2n) is 6.65. The molecule has 1 unspecified atom stereocenters. The van der Waals surface area contributed by atoms with Crippen molar-refractivity contribution in [3.63, 3.8) is 0 Å². The van der Waals surface area contributed by atoms with Crippen LogP contribution in [0.2, 0.25) is 5.02 Å². The van der Waals surface area contributed by atoms with E-state index in [4.69, 9.17) is 16.3 Å². The summed E-state index contributed by atoms with van der Waals surface area (Å²) in [5.41, 5.74) is 3.02. The first-order valence-corrected chi connectivity index (χ1v) is 10.7. The lowest BCUT2D eigenvalue weighted by atomic mass is 10.1. The number of sulfonamides is 1. The predicted octanol–water partition coefficient (Wildman–Crippen LogP) is 3.51. The zero-order valence-electron chi connectivity index (χ0n) is 15.3. The first kappa shape index (κ1) is 19.5. The minimum absolute atomic E-state index is 0.122. The van der Waals surface area contributed by atoms with Gasteiger partial charge in [-0.1, -0.05) is 23.7 Å².